The molecular weight excluding hydrogens is 298 g/mol. The molecule has 0 radical (unpaired) electrons. The van der Waals surface area contributed by atoms with Gasteiger partial charge in [-0.05, 0) is 31.5 Å². The Bertz CT molecular complexity index is 431. The van der Waals surface area contributed by atoms with E-state index in [-0.39, 0.29) is 16.7 Å². The molecule has 1 heterocycles. The van der Waals surface area contributed by atoms with E-state index in [1.807, 2.05) is 0 Å². The first-order valence-electron chi connectivity index (χ1n) is 6.08. The average molecular weight is 314 g/mol. The highest BCUT2D eigenvalue weighted by atomic mass is 79.9. The summed E-state index contributed by atoms with van der Waals surface area (Å²) in [4.78, 5) is 10.6. The third-order valence-corrected chi connectivity index (χ3v) is 3.56. The zero-order chi connectivity index (χ0) is 13.0. The van der Waals surface area contributed by atoms with Gasteiger partial charge in [0, 0.05) is 23.1 Å². The van der Waals surface area contributed by atoms with Crippen LogP contribution in [0.5, 0.6) is 0 Å². The van der Waals surface area contributed by atoms with Crippen LogP contribution in [0, 0.1) is 10.1 Å². The number of rotatable bonds is 3. The SMILES string of the molecule is O=[N+]([O-])c1ccc(Br)cc1NC1CCCCNC1. The van der Waals surface area contributed by atoms with Crippen LogP contribution in [0.1, 0.15) is 19.3 Å². The number of halogens is 1. The van der Waals surface area contributed by atoms with Gasteiger partial charge in [0.2, 0.25) is 0 Å². The quantitative estimate of drug-likeness (QED) is 0.665. The van der Waals surface area contributed by atoms with Crippen molar-refractivity contribution in [1.29, 1.82) is 0 Å². The van der Waals surface area contributed by atoms with Crippen molar-refractivity contribution in [3.8, 4) is 0 Å². The van der Waals surface area contributed by atoms with Gasteiger partial charge in [-0.3, -0.25) is 10.1 Å². The third-order valence-electron chi connectivity index (χ3n) is 3.06. The second-order valence-corrected chi connectivity index (χ2v) is 5.38. The number of nitro benzene ring substituents is 1. The van der Waals surface area contributed by atoms with Crippen LogP contribution in [0.25, 0.3) is 0 Å². The smallest absolute Gasteiger partial charge is 0.292 e. The fourth-order valence-corrected chi connectivity index (χ4v) is 2.51. The molecule has 1 atom stereocenters. The first-order chi connectivity index (χ1) is 8.66. The van der Waals surface area contributed by atoms with Gasteiger partial charge in [-0.15, -0.1) is 0 Å². The minimum atomic E-state index is -0.348. The zero-order valence-corrected chi connectivity index (χ0v) is 11.6. The number of nitrogens with zero attached hydrogens (tertiary/aromatic N) is 1. The first kappa shape index (κ1) is 13.3. The van der Waals surface area contributed by atoms with Crippen LogP contribution in [0.4, 0.5) is 11.4 Å². The summed E-state index contributed by atoms with van der Waals surface area (Å²) in [6, 6.07) is 5.23. The van der Waals surface area contributed by atoms with Gasteiger partial charge >= 0.3 is 0 Å². The Morgan fingerprint density at radius 2 is 2.28 bits per heavy atom. The van der Waals surface area contributed by atoms with Crippen LogP contribution < -0.4 is 10.6 Å². The predicted octanol–water partition coefficient (Wildman–Crippen LogP) is 2.91. The summed E-state index contributed by atoms with van der Waals surface area (Å²) in [6.45, 7) is 1.88. The van der Waals surface area contributed by atoms with Crippen LogP contribution in [-0.4, -0.2) is 24.1 Å². The fraction of sp³-hybridized carbons (Fsp3) is 0.500. The largest absolute Gasteiger partial charge is 0.375 e. The molecule has 5 nitrogen and oxygen atoms in total. The van der Waals surface area contributed by atoms with Crippen molar-refractivity contribution in [2.24, 2.45) is 0 Å². The molecule has 1 unspecified atom stereocenters. The molecule has 1 aliphatic heterocycles. The van der Waals surface area contributed by atoms with Crippen molar-refractivity contribution >= 4 is 27.3 Å². The molecule has 18 heavy (non-hydrogen) atoms. The van der Waals surface area contributed by atoms with Gasteiger partial charge in [-0.1, -0.05) is 22.4 Å². The maximum absolute atomic E-state index is 11.0. The molecule has 1 aromatic rings. The molecular formula is C12H16BrN3O2. The van der Waals surface area contributed by atoms with Gasteiger partial charge in [0.15, 0.2) is 0 Å². The molecule has 0 aromatic heterocycles. The summed E-state index contributed by atoms with van der Waals surface area (Å²) >= 11 is 3.35. The highest BCUT2D eigenvalue weighted by Crippen LogP contribution is 2.29. The van der Waals surface area contributed by atoms with Gasteiger partial charge < -0.3 is 10.6 Å². The number of benzene rings is 1. The van der Waals surface area contributed by atoms with Crippen molar-refractivity contribution in [1.82, 2.24) is 5.32 Å². The average Bonchev–Trinajstić information content (AvgIpc) is 2.57. The molecule has 0 bridgehead atoms. The summed E-state index contributed by atoms with van der Waals surface area (Å²) in [5, 5.41) is 17.6. The van der Waals surface area contributed by atoms with Crippen molar-refractivity contribution in [2.75, 3.05) is 18.4 Å². The van der Waals surface area contributed by atoms with Crippen LogP contribution in [0.15, 0.2) is 22.7 Å². The van der Waals surface area contributed by atoms with Gasteiger partial charge in [0.25, 0.3) is 5.69 Å². The Balaban J connectivity index is 2.15. The normalized spacial score (nSPS) is 20.2. The van der Waals surface area contributed by atoms with Crippen LogP contribution in [-0.2, 0) is 0 Å². The Hall–Kier alpha value is -1.14. The Morgan fingerprint density at radius 3 is 3.06 bits per heavy atom. The van der Waals surface area contributed by atoms with Crippen LogP contribution in [0.2, 0.25) is 0 Å². The monoisotopic (exact) mass is 313 g/mol. The Morgan fingerprint density at radius 1 is 1.44 bits per heavy atom. The molecule has 1 aliphatic rings. The number of hydrogen-bond acceptors (Lipinski definition) is 4. The first-order valence-corrected chi connectivity index (χ1v) is 6.87. The lowest BCUT2D eigenvalue weighted by Crippen LogP contribution is -2.31. The summed E-state index contributed by atoms with van der Waals surface area (Å²) < 4.78 is 0.845. The van der Waals surface area contributed by atoms with E-state index >= 15 is 0 Å². The topological polar surface area (TPSA) is 67.2 Å². The van der Waals surface area contributed by atoms with Crippen LogP contribution in [0.3, 0.4) is 0 Å². The van der Waals surface area contributed by atoms with E-state index in [4.69, 9.17) is 0 Å². The number of nitrogens with one attached hydrogen (secondary N) is 2. The van der Waals surface area contributed by atoms with Crippen molar-refractivity contribution < 1.29 is 4.92 Å². The van der Waals surface area contributed by atoms with E-state index in [9.17, 15) is 10.1 Å². The summed E-state index contributed by atoms with van der Waals surface area (Å²) in [6.07, 6.45) is 3.35. The number of nitro groups is 1. The van der Waals surface area contributed by atoms with Gasteiger partial charge in [0.1, 0.15) is 5.69 Å². The van der Waals surface area contributed by atoms with E-state index in [0.717, 1.165) is 30.4 Å². The molecule has 2 rings (SSSR count). The van der Waals surface area contributed by atoms with Crippen molar-refractivity contribution in [3.05, 3.63) is 32.8 Å². The maximum Gasteiger partial charge on any atom is 0.292 e. The molecule has 0 spiro atoms. The summed E-state index contributed by atoms with van der Waals surface area (Å²) in [5.74, 6) is 0. The molecule has 1 aromatic carbocycles. The predicted molar refractivity (Wildman–Crippen MR) is 74.9 cm³/mol. The lowest BCUT2D eigenvalue weighted by atomic mass is 10.1. The zero-order valence-electron chi connectivity index (χ0n) is 9.99. The van der Waals surface area contributed by atoms with Gasteiger partial charge in [0.05, 0.1) is 4.92 Å². The second kappa shape index (κ2) is 6.15. The second-order valence-electron chi connectivity index (χ2n) is 4.46. The lowest BCUT2D eigenvalue weighted by Gasteiger charge is -2.17. The highest BCUT2D eigenvalue weighted by Gasteiger charge is 2.18. The van der Waals surface area contributed by atoms with Gasteiger partial charge in [-0.25, -0.2) is 0 Å². The van der Waals surface area contributed by atoms with Gasteiger partial charge in [-0.2, -0.15) is 0 Å². The maximum atomic E-state index is 11.0. The lowest BCUT2D eigenvalue weighted by molar-refractivity contribution is -0.384. The van der Waals surface area contributed by atoms with E-state index in [1.54, 1.807) is 12.1 Å². The molecule has 98 valence electrons. The highest BCUT2D eigenvalue weighted by molar-refractivity contribution is 9.10. The van der Waals surface area contributed by atoms with Crippen molar-refractivity contribution in [2.45, 2.75) is 25.3 Å². The molecule has 0 aliphatic carbocycles. The Kier molecular flexibility index (Phi) is 4.54. The molecule has 1 fully saturated rings. The fourth-order valence-electron chi connectivity index (χ4n) is 2.15. The summed E-state index contributed by atoms with van der Waals surface area (Å²) in [7, 11) is 0. The van der Waals surface area contributed by atoms with E-state index in [1.165, 1.54) is 12.5 Å². The van der Waals surface area contributed by atoms with Crippen molar-refractivity contribution in [3.63, 3.8) is 0 Å². The number of hydrogen-bond donors (Lipinski definition) is 2. The summed E-state index contributed by atoms with van der Waals surface area (Å²) in [5.41, 5.74) is 0.713. The Labute approximate surface area is 114 Å². The molecule has 6 heteroatoms. The molecule has 1 saturated heterocycles. The molecule has 0 amide bonds. The minimum absolute atomic E-state index is 0.127. The van der Waals surface area contributed by atoms with Crippen LogP contribution >= 0.6 is 15.9 Å². The van der Waals surface area contributed by atoms with E-state index < -0.39 is 0 Å². The third kappa shape index (κ3) is 3.43. The molecule has 0 saturated carbocycles. The van der Waals surface area contributed by atoms with E-state index in [2.05, 4.69) is 26.6 Å². The van der Waals surface area contributed by atoms with E-state index in [0.29, 0.717) is 5.69 Å². The minimum Gasteiger partial charge on any atom is -0.375 e. The standard InChI is InChI=1S/C12H16BrN3O2/c13-9-4-5-12(16(17)18)11(7-9)15-10-3-1-2-6-14-8-10/h4-5,7,10,14-15H,1-3,6,8H2. The molecule has 2 N–H and O–H groups in total. The number of anilines is 1.